The molecule has 1 aromatic carbocycles. The predicted octanol–water partition coefficient (Wildman–Crippen LogP) is 1.71. The Labute approximate surface area is 226 Å². The maximum absolute atomic E-state index is 16.2. The molecule has 0 amide bonds. The molecule has 0 spiro atoms. The quantitative estimate of drug-likeness (QED) is 0.208. The number of benzene rings is 1. The average molecular weight is 570 g/mol. The molecule has 15 heteroatoms. The molecule has 39 heavy (non-hydrogen) atoms. The molecular formula is C24H26ClF2N5O7. The molecule has 0 unspecified atom stereocenters. The van der Waals surface area contributed by atoms with Gasteiger partial charge in [-0.15, -0.1) is 0 Å². The summed E-state index contributed by atoms with van der Waals surface area (Å²) in [5.74, 6) is -5.51. The number of aliphatic hydroxyl groups is 1. The Bertz CT molecular complexity index is 1360. The van der Waals surface area contributed by atoms with E-state index in [1.807, 2.05) is 0 Å². The molecule has 0 saturated carbocycles. The number of rotatable bonds is 10. The summed E-state index contributed by atoms with van der Waals surface area (Å²) in [6, 6.07) is 5.18. The first kappa shape index (κ1) is 28.5. The first-order valence-corrected chi connectivity index (χ1v) is 12.3. The van der Waals surface area contributed by atoms with Gasteiger partial charge in [0.05, 0.1) is 26.1 Å². The fourth-order valence-electron chi connectivity index (χ4n) is 4.25. The summed E-state index contributed by atoms with van der Waals surface area (Å²) in [6.07, 6.45) is -2.67. The van der Waals surface area contributed by atoms with Gasteiger partial charge in [0.25, 0.3) is 5.60 Å². The van der Waals surface area contributed by atoms with Gasteiger partial charge in [-0.3, -0.25) is 4.57 Å². The summed E-state index contributed by atoms with van der Waals surface area (Å²) >= 11 is 5.87. The van der Waals surface area contributed by atoms with E-state index in [0.29, 0.717) is 0 Å². The lowest BCUT2D eigenvalue weighted by atomic mass is 9.93. The number of anilines is 1. The van der Waals surface area contributed by atoms with Gasteiger partial charge < -0.3 is 29.8 Å². The summed E-state index contributed by atoms with van der Waals surface area (Å²) in [6.45, 7) is 1.51. The first-order valence-electron chi connectivity index (χ1n) is 11.9. The van der Waals surface area contributed by atoms with Gasteiger partial charge in [0, 0.05) is 6.42 Å². The number of nitrogen functional groups attached to an aromatic ring is 1. The lowest BCUT2D eigenvalue weighted by Gasteiger charge is -2.31. The van der Waals surface area contributed by atoms with E-state index in [4.69, 9.17) is 36.3 Å². The number of esters is 2. The van der Waals surface area contributed by atoms with Gasteiger partial charge in [0.2, 0.25) is 11.1 Å². The Morgan fingerprint density at radius 2 is 1.97 bits per heavy atom. The molecule has 3 aromatic rings. The lowest BCUT2D eigenvalue weighted by Crippen LogP contribution is -2.55. The minimum atomic E-state index is -2.61. The number of nitrogens with zero attached hydrogens (tertiary/aromatic N) is 4. The fourth-order valence-corrected chi connectivity index (χ4v) is 4.42. The normalized spacial score (nSPS) is 21.3. The van der Waals surface area contributed by atoms with Crippen molar-refractivity contribution < 1.29 is 42.4 Å². The smallest absolute Gasteiger partial charge is 0.350 e. The molecule has 1 saturated heterocycles. The third kappa shape index (κ3) is 5.37. The number of alkyl halides is 1. The first-order chi connectivity index (χ1) is 18.6. The van der Waals surface area contributed by atoms with E-state index in [1.54, 1.807) is 0 Å². The largest absolute Gasteiger partial charge is 0.463 e. The molecule has 0 radical (unpaired) electrons. The number of hydrogen-bond acceptors (Lipinski definition) is 11. The SMILES string of the molecule is CCOC(=O)C(Cc1cccc(F)c1)(OC[C@H]1OC[C@](F)(n2cnc3c(N)nc(Cl)nc32)[C@@H]1O)C(=O)OCC. The van der Waals surface area contributed by atoms with Crippen LogP contribution in [0.4, 0.5) is 14.6 Å². The molecular weight excluding hydrogens is 544 g/mol. The zero-order valence-electron chi connectivity index (χ0n) is 21.0. The number of hydrogen-bond donors (Lipinski definition) is 2. The maximum Gasteiger partial charge on any atom is 0.350 e. The Morgan fingerprint density at radius 3 is 2.62 bits per heavy atom. The van der Waals surface area contributed by atoms with Crippen LogP contribution in [0.5, 0.6) is 0 Å². The van der Waals surface area contributed by atoms with E-state index < -0.39 is 61.0 Å². The highest BCUT2D eigenvalue weighted by Gasteiger charge is 2.56. The standard InChI is InChI=1S/C24H26ClF2N5O7/c1-3-36-20(34)23(21(35)37-4-2,9-13-6-5-7-14(26)8-13)39-10-15-17(33)24(27,11-38-15)32-12-29-16-18(28)30-22(25)31-19(16)32/h5-8,12,15,17,33H,3-4,9-11H2,1-2H3,(H2,28,30,31)/t15-,17-,24+/m1/s1. The van der Waals surface area contributed by atoms with Gasteiger partial charge in [-0.1, -0.05) is 12.1 Å². The fraction of sp³-hybridized carbons (Fsp3) is 0.458. The molecule has 3 heterocycles. The Morgan fingerprint density at radius 1 is 1.28 bits per heavy atom. The Hall–Kier alpha value is -3.46. The molecule has 1 aliphatic heterocycles. The molecule has 3 atom stereocenters. The van der Waals surface area contributed by atoms with Crippen LogP contribution in [-0.2, 0) is 40.8 Å². The van der Waals surface area contributed by atoms with Crippen molar-refractivity contribution in [3.8, 4) is 0 Å². The summed E-state index contributed by atoms with van der Waals surface area (Å²) in [4.78, 5) is 37.9. The van der Waals surface area contributed by atoms with Gasteiger partial charge in [-0.25, -0.2) is 23.4 Å². The molecule has 1 fully saturated rings. The second-order valence-electron chi connectivity index (χ2n) is 8.66. The van der Waals surface area contributed by atoms with Crippen LogP contribution in [0.2, 0.25) is 5.28 Å². The Kier molecular flexibility index (Phi) is 8.30. The molecule has 4 rings (SSSR count). The van der Waals surface area contributed by atoms with Crippen LogP contribution in [0, 0.1) is 5.82 Å². The molecule has 2 aromatic heterocycles. The van der Waals surface area contributed by atoms with Crippen molar-refractivity contribution in [1.82, 2.24) is 19.5 Å². The van der Waals surface area contributed by atoms with Crippen molar-refractivity contribution in [1.29, 1.82) is 0 Å². The van der Waals surface area contributed by atoms with Crippen LogP contribution in [0.1, 0.15) is 19.4 Å². The highest BCUT2D eigenvalue weighted by atomic mass is 35.5. The van der Waals surface area contributed by atoms with Crippen molar-refractivity contribution in [3.05, 3.63) is 47.3 Å². The van der Waals surface area contributed by atoms with Gasteiger partial charge in [-0.05, 0) is 43.1 Å². The number of halogens is 3. The van der Waals surface area contributed by atoms with E-state index in [0.717, 1.165) is 17.0 Å². The second-order valence-corrected chi connectivity index (χ2v) is 9.00. The van der Waals surface area contributed by atoms with Crippen LogP contribution < -0.4 is 5.73 Å². The van der Waals surface area contributed by atoms with E-state index in [2.05, 4.69) is 15.0 Å². The summed E-state index contributed by atoms with van der Waals surface area (Å²) in [5.41, 5.74) is 3.59. The number of aromatic nitrogens is 4. The molecule has 210 valence electrons. The van der Waals surface area contributed by atoms with Gasteiger partial charge >= 0.3 is 11.9 Å². The number of ether oxygens (including phenoxy) is 4. The summed E-state index contributed by atoms with van der Waals surface area (Å²) in [5, 5.41) is 10.7. The van der Waals surface area contributed by atoms with Crippen LogP contribution in [0.3, 0.4) is 0 Å². The lowest BCUT2D eigenvalue weighted by molar-refractivity contribution is -0.196. The Balaban J connectivity index is 1.64. The van der Waals surface area contributed by atoms with E-state index >= 15 is 4.39 Å². The van der Waals surface area contributed by atoms with Gasteiger partial charge in [-0.2, -0.15) is 9.97 Å². The van der Waals surface area contributed by atoms with Crippen molar-refractivity contribution >= 4 is 40.5 Å². The van der Waals surface area contributed by atoms with Crippen molar-refractivity contribution in [3.63, 3.8) is 0 Å². The third-order valence-corrected chi connectivity index (χ3v) is 6.32. The molecule has 3 N–H and O–H groups in total. The zero-order valence-corrected chi connectivity index (χ0v) is 21.7. The van der Waals surface area contributed by atoms with Crippen LogP contribution in [0.15, 0.2) is 30.6 Å². The minimum Gasteiger partial charge on any atom is -0.463 e. The number of imidazole rings is 1. The number of fused-ring (bicyclic) bond motifs is 1. The van der Waals surface area contributed by atoms with E-state index in [-0.39, 0.29) is 41.0 Å². The molecule has 0 bridgehead atoms. The van der Waals surface area contributed by atoms with Crippen LogP contribution in [0.25, 0.3) is 11.2 Å². The number of carbonyl (C=O) groups is 2. The highest BCUT2D eigenvalue weighted by molar-refractivity contribution is 6.28. The average Bonchev–Trinajstić information content (AvgIpc) is 3.44. The van der Waals surface area contributed by atoms with Gasteiger partial charge in [0.15, 0.2) is 11.5 Å². The molecule has 1 aliphatic rings. The maximum atomic E-state index is 16.2. The van der Waals surface area contributed by atoms with E-state index in [9.17, 15) is 19.1 Å². The number of nitrogens with two attached hydrogens (primary N) is 1. The monoisotopic (exact) mass is 569 g/mol. The topological polar surface area (TPSA) is 161 Å². The van der Waals surface area contributed by atoms with Crippen LogP contribution in [-0.4, -0.2) is 80.8 Å². The third-order valence-electron chi connectivity index (χ3n) is 6.15. The van der Waals surface area contributed by atoms with Crippen molar-refractivity contribution in [2.45, 2.75) is 43.9 Å². The number of carbonyl (C=O) groups excluding carboxylic acids is 2. The summed E-state index contributed by atoms with van der Waals surface area (Å²) < 4.78 is 52.5. The number of aliphatic hydroxyl groups excluding tert-OH is 1. The van der Waals surface area contributed by atoms with Gasteiger partial charge in [0.1, 0.15) is 30.1 Å². The predicted molar refractivity (Wildman–Crippen MR) is 132 cm³/mol. The van der Waals surface area contributed by atoms with Crippen molar-refractivity contribution in [2.75, 3.05) is 32.2 Å². The molecule has 12 nitrogen and oxygen atoms in total. The van der Waals surface area contributed by atoms with Crippen molar-refractivity contribution in [2.24, 2.45) is 0 Å². The molecule has 0 aliphatic carbocycles. The summed E-state index contributed by atoms with van der Waals surface area (Å²) in [7, 11) is 0. The van der Waals surface area contributed by atoms with E-state index in [1.165, 1.54) is 32.0 Å². The zero-order chi connectivity index (χ0) is 28.4. The minimum absolute atomic E-state index is 0.0575. The second kappa shape index (κ2) is 11.3. The highest BCUT2D eigenvalue weighted by Crippen LogP contribution is 2.37. The van der Waals surface area contributed by atoms with Crippen LogP contribution >= 0.6 is 11.6 Å².